The normalized spacial score (nSPS) is 12.3. The summed E-state index contributed by atoms with van der Waals surface area (Å²) in [5, 5.41) is 9.36. The van der Waals surface area contributed by atoms with Gasteiger partial charge in [-0.2, -0.15) is 0 Å². The molecule has 0 aliphatic rings. The molecule has 9 nitrogen and oxygen atoms in total. The van der Waals surface area contributed by atoms with E-state index >= 15 is 0 Å². The smallest absolute Gasteiger partial charge is 0.407 e. The van der Waals surface area contributed by atoms with Crippen LogP contribution in [0, 0.1) is 0 Å². The third kappa shape index (κ3) is 10.5. The Morgan fingerprint density at radius 1 is 0.692 bits per heavy atom. The van der Waals surface area contributed by atoms with E-state index in [-0.39, 0.29) is 25.3 Å². The van der Waals surface area contributed by atoms with Crippen molar-refractivity contribution in [2.24, 2.45) is 0 Å². The molecule has 39 heavy (non-hydrogen) atoms. The molecule has 2 atom stereocenters. The molecule has 11 heteroatoms. The molecule has 2 heterocycles. The van der Waals surface area contributed by atoms with Crippen molar-refractivity contribution in [2.75, 3.05) is 13.1 Å². The highest BCUT2D eigenvalue weighted by molar-refractivity contribution is 7.09. The van der Waals surface area contributed by atoms with E-state index in [9.17, 15) is 9.59 Å². The molecule has 2 unspecified atom stereocenters. The summed E-state index contributed by atoms with van der Waals surface area (Å²) in [4.78, 5) is 34.8. The van der Waals surface area contributed by atoms with Crippen molar-refractivity contribution in [2.45, 2.75) is 38.1 Å². The van der Waals surface area contributed by atoms with E-state index in [1.54, 1.807) is 23.4 Å². The molecule has 3 N–H and O–H groups in total. The van der Waals surface area contributed by atoms with Crippen molar-refractivity contribution in [3.63, 3.8) is 0 Å². The number of rotatable bonds is 14. The summed E-state index contributed by atoms with van der Waals surface area (Å²) >= 11 is 2.87. The van der Waals surface area contributed by atoms with Crippen molar-refractivity contribution in [1.29, 1.82) is 0 Å². The molecule has 4 rings (SSSR count). The van der Waals surface area contributed by atoms with Gasteiger partial charge in [-0.3, -0.25) is 9.97 Å². The molecular weight excluding hydrogens is 534 g/mol. The Morgan fingerprint density at radius 2 is 1.13 bits per heavy atom. The Kier molecular flexibility index (Phi) is 11.3. The quantitative estimate of drug-likeness (QED) is 0.205. The second-order valence-electron chi connectivity index (χ2n) is 8.81. The fourth-order valence-corrected chi connectivity index (χ4v) is 4.91. The minimum absolute atomic E-state index is 0.175. The zero-order valence-corrected chi connectivity index (χ0v) is 23.0. The lowest BCUT2D eigenvalue weighted by Crippen LogP contribution is -2.48. The van der Waals surface area contributed by atoms with Crippen LogP contribution in [0.2, 0.25) is 0 Å². The van der Waals surface area contributed by atoms with Gasteiger partial charge in [0.25, 0.3) is 0 Å². The van der Waals surface area contributed by atoms with Gasteiger partial charge >= 0.3 is 12.2 Å². The molecule has 0 bridgehead atoms. The summed E-state index contributed by atoms with van der Waals surface area (Å²) < 4.78 is 10.8. The molecule has 2 amide bonds. The minimum atomic E-state index is -0.489. The number of ether oxygens (including phenoxy) is 2. The van der Waals surface area contributed by atoms with E-state index in [2.05, 4.69) is 25.9 Å². The monoisotopic (exact) mass is 565 g/mol. The minimum Gasteiger partial charge on any atom is -0.444 e. The summed E-state index contributed by atoms with van der Waals surface area (Å²) in [5.41, 5.74) is 5.59. The van der Waals surface area contributed by atoms with E-state index in [1.807, 2.05) is 60.7 Å². The van der Waals surface area contributed by atoms with Gasteiger partial charge in [0, 0.05) is 37.6 Å². The van der Waals surface area contributed by atoms with E-state index in [0.717, 1.165) is 20.9 Å². The van der Waals surface area contributed by atoms with Crippen LogP contribution in [-0.4, -0.2) is 47.3 Å². The van der Waals surface area contributed by atoms with Gasteiger partial charge in [-0.15, -0.1) is 22.7 Å². The van der Waals surface area contributed by atoms with Crippen molar-refractivity contribution in [3.05, 3.63) is 105 Å². The number of aromatic nitrogens is 2. The van der Waals surface area contributed by atoms with E-state index in [1.165, 1.54) is 22.7 Å². The fraction of sp³-hybridized carbons (Fsp3) is 0.286. The van der Waals surface area contributed by atoms with Crippen LogP contribution < -0.4 is 16.0 Å². The predicted octanol–water partition coefficient (Wildman–Crippen LogP) is 4.56. The Morgan fingerprint density at radius 3 is 1.51 bits per heavy atom. The largest absolute Gasteiger partial charge is 0.444 e. The number of hydrogen-bond donors (Lipinski definition) is 3. The number of hydrogen-bond acceptors (Lipinski definition) is 9. The van der Waals surface area contributed by atoms with Gasteiger partial charge in [0.1, 0.15) is 13.2 Å². The highest BCUT2D eigenvalue weighted by Crippen LogP contribution is 2.09. The van der Waals surface area contributed by atoms with Gasteiger partial charge in [-0.1, -0.05) is 60.7 Å². The first-order valence-corrected chi connectivity index (χ1v) is 14.3. The zero-order chi connectivity index (χ0) is 27.1. The highest BCUT2D eigenvalue weighted by Gasteiger charge is 2.18. The summed E-state index contributed by atoms with van der Waals surface area (Å²) in [7, 11) is 0. The van der Waals surface area contributed by atoms with Crippen molar-refractivity contribution >= 4 is 34.9 Å². The number of alkyl carbamates (subject to hydrolysis) is 2. The summed E-state index contributed by atoms with van der Waals surface area (Å²) in [6.45, 7) is 1.31. The predicted molar refractivity (Wildman–Crippen MR) is 152 cm³/mol. The lowest BCUT2D eigenvalue weighted by molar-refractivity contribution is 0.136. The maximum absolute atomic E-state index is 12.5. The third-order valence-corrected chi connectivity index (χ3v) is 7.24. The number of nitrogens with zero attached hydrogens (tertiary/aromatic N) is 2. The van der Waals surface area contributed by atoms with Gasteiger partial charge in [0.05, 0.1) is 20.8 Å². The molecule has 0 aliphatic carbocycles. The Labute approximate surface area is 235 Å². The van der Waals surface area contributed by atoms with Crippen LogP contribution >= 0.6 is 22.7 Å². The van der Waals surface area contributed by atoms with Gasteiger partial charge < -0.3 is 25.4 Å². The van der Waals surface area contributed by atoms with Crippen LogP contribution in [-0.2, 0) is 35.5 Å². The van der Waals surface area contributed by atoms with Gasteiger partial charge in [-0.05, 0) is 24.0 Å². The third-order valence-electron chi connectivity index (χ3n) is 5.73. The molecule has 0 radical (unpaired) electrons. The lowest BCUT2D eigenvalue weighted by Gasteiger charge is -2.23. The van der Waals surface area contributed by atoms with E-state index < -0.39 is 12.2 Å². The molecule has 0 saturated carbocycles. The summed E-state index contributed by atoms with van der Waals surface area (Å²) in [5.74, 6) is 0. The van der Waals surface area contributed by atoms with Crippen molar-refractivity contribution in [3.8, 4) is 0 Å². The van der Waals surface area contributed by atoms with Gasteiger partial charge in [-0.25, -0.2) is 9.59 Å². The van der Waals surface area contributed by atoms with E-state index in [4.69, 9.17) is 9.47 Å². The molecule has 204 valence electrons. The lowest BCUT2D eigenvalue weighted by atomic mass is 10.0. The first-order valence-electron chi connectivity index (χ1n) is 12.5. The number of thiazole rings is 2. The molecule has 4 aromatic rings. The molecule has 0 saturated heterocycles. The summed E-state index contributed by atoms with van der Waals surface area (Å²) in [6.07, 6.45) is 3.63. The number of carbonyl (C=O) groups is 2. The SMILES string of the molecule is O=C(NC(CNCC(Cc1ccccc1)NC(=O)OCc1cncs1)Cc1ccccc1)OCc1cncs1. The van der Waals surface area contributed by atoms with Crippen LogP contribution in [0.1, 0.15) is 20.9 Å². The molecule has 2 aromatic heterocycles. The number of nitrogens with one attached hydrogen (secondary N) is 3. The van der Waals surface area contributed by atoms with Crippen LogP contribution in [0.3, 0.4) is 0 Å². The maximum atomic E-state index is 12.5. The first kappa shape index (κ1) is 28.2. The number of amides is 2. The molecule has 0 aliphatic heterocycles. The number of benzene rings is 2. The van der Waals surface area contributed by atoms with Crippen LogP contribution in [0.15, 0.2) is 84.1 Å². The van der Waals surface area contributed by atoms with Gasteiger partial charge in [0.2, 0.25) is 0 Å². The Hall–Kier alpha value is -3.80. The topological polar surface area (TPSA) is 114 Å². The maximum Gasteiger partial charge on any atom is 0.407 e. The second-order valence-corrected chi connectivity index (χ2v) is 10.7. The Balaban J connectivity index is 1.32. The Bertz CT molecular complexity index is 1140. The fourth-order valence-electron chi connectivity index (χ4n) is 3.89. The average molecular weight is 566 g/mol. The summed E-state index contributed by atoms with van der Waals surface area (Å²) in [6, 6.07) is 19.5. The standard InChI is InChI=1S/C28H31N5O4S2/c34-27(36-17-25-15-30-19-38-25)32-23(11-21-7-3-1-4-8-21)13-29-14-24(12-22-9-5-2-6-10-22)33-28(35)37-18-26-16-31-20-39-26/h1-10,15-16,19-20,23-24,29H,11-14,17-18H2,(H,32,34)(H,33,35). The highest BCUT2D eigenvalue weighted by atomic mass is 32.1. The zero-order valence-electron chi connectivity index (χ0n) is 21.3. The average Bonchev–Trinajstić information content (AvgIpc) is 3.67. The number of carbonyl (C=O) groups excluding carboxylic acids is 2. The van der Waals surface area contributed by atoms with Crippen LogP contribution in [0.5, 0.6) is 0 Å². The van der Waals surface area contributed by atoms with Crippen LogP contribution in [0.25, 0.3) is 0 Å². The molecular formula is C28H31N5O4S2. The first-order chi connectivity index (χ1) is 19.1. The van der Waals surface area contributed by atoms with Crippen molar-refractivity contribution in [1.82, 2.24) is 25.9 Å². The van der Waals surface area contributed by atoms with Gasteiger partial charge in [0.15, 0.2) is 0 Å². The molecule has 0 fully saturated rings. The second kappa shape index (κ2) is 15.6. The van der Waals surface area contributed by atoms with Crippen LogP contribution in [0.4, 0.5) is 9.59 Å². The molecule has 2 aromatic carbocycles. The van der Waals surface area contributed by atoms with Crippen molar-refractivity contribution < 1.29 is 19.1 Å². The van der Waals surface area contributed by atoms with E-state index in [0.29, 0.717) is 25.9 Å². The molecule has 0 spiro atoms.